The summed E-state index contributed by atoms with van der Waals surface area (Å²) in [5.41, 5.74) is 10.0. The molecule has 2 nitrogen and oxygen atoms in total. The Hall–Kier alpha value is -1.07. The molecule has 3 heteroatoms. The lowest BCUT2D eigenvalue weighted by Gasteiger charge is -2.20. The van der Waals surface area contributed by atoms with Crippen LogP contribution < -0.4 is 10.5 Å². The summed E-state index contributed by atoms with van der Waals surface area (Å²) in [6, 6.07) is 14.5. The van der Waals surface area contributed by atoms with Crippen molar-refractivity contribution in [3.05, 3.63) is 62.7 Å². The quantitative estimate of drug-likeness (QED) is 0.825. The Bertz CT molecular complexity index is 597. The van der Waals surface area contributed by atoms with Gasteiger partial charge in [0.2, 0.25) is 0 Å². The van der Waals surface area contributed by atoms with Gasteiger partial charge in [0, 0.05) is 3.57 Å². The van der Waals surface area contributed by atoms with E-state index in [0.29, 0.717) is 0 Å². The Morgan fingerprint density at radius 2 is 2.00 bits per heavy atom. The van der Waals surface area contributed by atoms with Crippen LogP contribution >= 0.6 is 22.6 Å². The maximum atomic E-state index is 6.40. The molecule has 1 aliphatic heterocycles. The highest BCUT2D eigenvalue weighted by molar-refractivity contribution is 14.1. The summed E-state index contributed by atoms with van der Waals surface area (Å²) in [6.07, 6.45) is 2.18. The second-order valence-corrected chi connectivity index (χ2v) is 5.98. The standard InChI is InChI=1S/C16H16INO/c17-14-6-2-1-5-13(14)16(18)12-7-8-15-11(10-12)4-3-9-19-15/h1-2,5-8,10,16H,3-4,9,18H2. The van der Waals surface area contributed by atoms with Crippen LogP contribution in [-0.4, -0.2) is 6.61 Å². The molecule has 98 valence electrons. The first-order chi connectivity index (χ1) is 9.25. The summed E-state index contributed by atoms with van der Waals surface area (Å²) in [5.74, 6) is 1.02. The predicted octanol–water partition coefficient (Wildman–Crippen LogP) is 3.66. The number of benzene rings is 2. The van der Waals surface area contributed by atoms with E-state index in [1.165, 1.54) is 14.7 Å². The Morgan fingerprint density at radius 3 is 2.84 bits per heavy atom. The summed E-state index contributed by atoms with van der Waals surface area (Å²) >= 11 is 2.34. The van der Waals surface area contributed by atoms with Gasteiger partial charge in [0.1, 0.15) is 5.75 Å². The van der Waals surface area contributed by atoms with E-state index in [0.717, 1.165) is 30.8 Å². The smallest absolute Gasteiger partial charge is 0.122 e. The fraction of sp³-hybridized carbons (Fsp3) is 0.250. The zero-order chi connectivity index (χ0) is 13.2. The SMILES string of the molecule is NC(c1ccc2c(c1)CCCO2)c1ccccc1I. The summed E-state index contributed by atoms with van der Waals surface area (Å²) in [6.45, 7) is 0.828. The molecule has 0 aromatic heterocycles. The molecule has 0 fully saturated rings. The van der Waals surface area contributed by atoms with Crippen LogP contribution in [0.4, 0.5) is 0 Å². The number of rotatable bonds is 2. The van der Waals surface area contributed by atoms with Crippen LogP contribution in [0.3, 0.4) is 0 Å². The molecule has 1 atom stereocenters. The second kappa shape index (κ2) is 5.51. The predicted molar refractivity (Wildman–Crippen MR) is 85.4 cm³/mol. The number of aryl methyl sites for hydroxylation is 1. The lowest BCUT2D eigenvalue weighted by Crippen LogP contribution is -2.15. The van der Waals surface area contributed by atoms with Gasteiger partial charge >= 0.3 is 0 Å². The van der Waals surface area contributed by atoms with Gasteiger partial charge in [-0.2, -0.15) is 0 Å². The Labute approximate surface area is 127 Å². The van der Waals surface area contributed by atoms with Crippen molar-refractivity contribution in [3.8, 4) is 5.75 Å². The van der Waals surface area contributed by atoms with Gasteiger partial charge < -0.3 is 10.5 Å². The number of ether oxygens (including phenoxy) is 1. The average Bonchev–Trinajstić information content (AvgIpc) is 2.46. The molecule has 0 spiro atoms. The van der Waals surface area contributed by atoms with Crippen molar-refractivity contribution in [2.75, 3.05) is 6.61 Å². The summed E-state index contributed by atoms with van der Waals surface area (Å²) in [7, 11) is 0. The fourth-order valence-electron chi connectivity index (χ4n) is 2.48. The van der Waals surface area contributed by atoms with E-state index in [2.05, 4.69) is 52.9 Å². The van der Waals surface area contributed by atoms with Gasteiger partial charge in [0.05, 0.1) is 12.6 Å². The highest BCUT2D eigenvalue weighted by atomic mass is 127. The molecule has 19 heavy (non-hydrogen) atoms. The molecule has 0 radical (unpaired) electrons. The van der Waals surface area contributed by atoms with Crippen molar-refractivity contribution in [2.45, 2.75) is 18.9 Å². The van der Waals surface area contributed by atoms with Crippen LogP contribution in [0.5, 0.6) is 5.75 Å². The van der Waals surface area contributed by atoms with Crippen molar-refractivity contribution < 1.29 is 4.74 Å². The number of hydrogen-bond donors (Lipinski definition) is 1. The zero-order valence-electron chi connectivity index (χ0n) is 10.6. The van der Waals surface area contributed by atoms with Gasteiger partial charge in [-0.25, -0.2) is 0 Å². The van der Waals surface area contributed by atoms with E-state index in [-0.39, 0.29) is 6.04 Å². The molecule has 1 unspecified atom stereocenters. The van der Waals surface area contributed by atoms with Gasteiger partial charge in [0.15, 0.2) is 0 Å². The highest BCUT2D eigenvalue weighted by Gasteiger charge is 2.16. The van der Waals surface area contributed by atoms with Crippen LogP contribution in [0.2, 0.25) is 0 Å². The molecule has 0 bridgehead atoms. The average molecular weight is 365 g/mol. The third kappa shape index (κ3) is 2.62. The summed E-state index contributed by atoms with van der Waals surface area (Å²) in [4.78, 5) is 0. The molecule has 2 aromatic rings. The van der Waals surface area contributed by atoms with Gasteiger partial charge in [-0.15, -0.1) is 0 Å². The minimum absolute atomic E-state index is 0.0691. The van der Waals surface area contributed by atoms with E-state index in [9.17, 15) is 0 Å². The van der Waals surface area contributed by atoms with Crippen LogP contribution in [0.25, 0.3) is 0 Å². The Balaban J connectivity index is 1.96. The maximum Gasteiger partial charge on any atom is 0.122 e. The van der Waals surface area contributed by atoms with Crippen LogP contribution in [-0.2, 0) is 6.42 Å². The van der Waals surface area contributed by atoms with E-state index >= 15 is 0 Å². The third-order valence-electron chi connectivity index (χ3n) is 3.53. The normalized spacial score (nSPS) is 15.5. The van der Waals surface area contributed by atoms with E-state index in [1.54, 1.807) is 0 Å². The van der Waals surface area contributed by atoms with Gasteiger partial charge in [-0.3, -0.25) is 0 Å². The van der Waals surface area contributed by atoms with Crippen LogP contribution in [0.1, 0.15) is 29.2 Å². The van der Waals surface area contributed by atoms with Crippen molar-refractivity contribution in [1.82, 2.24) is 0 Å². The van der Waals surface area contributed by atoms with Crippen molar-refractivity contribution in [1.29, 1.82) is 0 Å². The van der Waals surface area contributed by atoms with Gasteiger partial charge in [-0.05, 0) is 64.3 Å². The maximum absolute atomic E-state index is 6.40. The largest absolute Gasteiger partial charge is 0.493 e. The van der Waals surface area contributed by atoms with Crippen molar-refractivity contribution >= 4 is 22.6 Å². The van der Waals surface area contributed by atoms with Crippen LogP contribution in [0, 0.1) is 3.57 Å². The molecule has 3 rings (SSSR count). The van der Waals surface area contributed by atoms with E-state index in [1.807, 2.05) is 12.1 Å². The minimum Gasteiger partial charge on any atom is -0.493 e. The first-order valence-electron chi connectivity index (χ1n) is 6.51. The molecule has 0 amide bonds. The monoisotopic (exact) mass is 365 g/mol. The molecule has 2 N–H and O–H groups in total. The van der Waals surface area contributed by atoms with Gasteiger partial charge in [-0.1, -0.05) is 30.3 Å². The molecule has 0 saturated carbocycles. The molecule has 0 aliphatic carbocycles. The van der Waals surface area contributed by atoms with Crippen molar-refractivity contribution in [2.24, 2.45) is 5.73 Å². The van der Waals surface area contributed by atoms with Crippen molar-refractivity contribution in [3.63, 3.8) is 0 Å². The number of halogens is 1. The molecule has 1 aliphatic rings. The summed E-state index contributed by atoms with van der Waals surface area (Å²) < 4.78 is 6.86. The van der Waals surface area contributed by atoms with E-state index < -0.39 is 0 Å². The lowest BCUT2D eigenvalue weighted by molar-refractivity contribution is 0.288. The molecule has 1 heterocycles. The molecular formula is C16H16INO. The topological polar surface area (TPSA) is 35.2 Å². The number of nitrogens with two attached hydrogens (primary N) is 1. The minimum atomic E-state index is -0.0691. The molecule has 0 saturated heterocycles. The van der Waals surface area contributed by atoms with E-state index in [4.69, 9.17) is 10.5 Å². The second-order valence-electron chi connectivity index (χ2n) is 4.82. The number of fused-ring (bicyclic) bond motifs is 1. The highest BCUT2D eigenvalue weighted by Crippen LogP contribution is 2.30. The van der Waals surface area contributed by atoms with Crippen LogP contribution in [0.15, 0.2) is 42.5 Å². The summed E-state index contributed by atoms with van der Waals surface area (Å²) in [5, 5.41) is 0. The third-order valence-corrected chi connectivity index (χ3v) is 4.51. The zero-order valence-corrected chi connectivity index (χ0v) is 12.8. The first kappa shape index (κ1) is 12.9. The molecular weight excluding hydrogens is 349 g/mol. The first-order valence-corrected chi connectivity index (χ1v) is 7.59. The Morgan fingerprint density at radius 1 is 1.16 bits per heavy atom. The fourth-order valence-corrected chi connectivity index (χ4v) is 3.20. The van der Waals surface area contributed by atoms with Gasteiger partial charge in [0.25, 0.3) is 0 Å². The lowest BCUT2D eigenvalue weighted by atomic mass is 9.95. The number of hydrogen-bond acceptors (Lipinski definition) is 2. The Kier molecular flexibility index (Phi) is 3.75. The molecule has 2 aromatic carbocycles.